The quantitative estimate of drug-likeness (QED) is 0.877. The van der Waals surface area contributed by atoms with E-state index < -0.39 is 0 Å². The van der Waals surface area contributed by atoms with Crippen molar-refractivity contribution in [3.05, 3.63) is 29.8 Å². The van der Waals surface area contributed by atoms with Gasteiger partial charge in [-0.05, 0) is 17.7 Å². The van der Waals surface area contributed by atoms with Crippen molar-refractivity contribution in [3.8, 4) is 0 Å². The zero-order chi connectivity index (χ0) is 13.9. The van der Waals surface area contributed by atoms with E-state index in [2.05, 4.69) is 17.0 Å². The molecule has 5 heteroatoms. The van der Waals surface area contributed by atoms with Gasteiger partial charge in [-0.25, -0.2) is 0 Å². The van der Waals surface area contributed by atoms with Crippen LogP contribution in [0.2, 0.25) is 0 Å². The van der Waals surface area contributed by atoms with Crippen LogP contribution in [0.5, 0.6) is 0 Å². The largest absolute Gasteiger partial charge is 0.379 e. The van der Waals surface area contributed by atoms with Gasteiger partial charge in [0, 0.05) is 44.3 Å². The van der Waals surface area contributed by atoms with Gasteiger partial charge in [-0.2, -0.15) is 0 Å². The molecule has 5 nitrogen and oxygen atoms in total. The average molecular weight is 275 g/mol. The lowest BCUT2D eigenvalue weighted by Gasteiger charge is -2.26. The summed E-state index contributed by atoms with van der Waals surface area (Å²) in [6.07, 6.45) is 0.454. The second kappa shape index (κ2) is 5.91. The van der Waals surface area contributed by atoms with Gasteiger partial charge in [0.1, 0.15) is 0 Å². The van der Waals surface area contributed by atoms with Crippen molar-refractivity contribution in [2.24, 2.45) is 5.73 Å². The summed E-state index contributed by atoms with van der Waals surface area (Å²) in [4.78, 5) is 16.0. The minimum absolute atomic E-state index is 0.0319. The SMILES string of the molecule is N[C@@H]1CC(=O)N(c2ccc(CN3CCOCC3)cc2)C1. The van der Waals surface area contributed by atoms with Gasteiger partial charge >= 0.3 is 0 Å². The van der Waals surface area contributed by atoms with E-state index in [1.54, 1.807) is 4.90 Å². The second-order valence-corrected chi connectivity index (χ2v) is 5.52. The number of amides is 1. The molecule has 0 saturated carbocycles. The number of carbonyl (C=O) groups excluding carboxylic acids is 1. The minimum Gasteiger partial charge on any atom is -0.379 e. The molecule has 1 aromatic carbocycles. The molecule has 0 radical (unpaired) electrons. The van der Waals surface area contributed by atoms with Crippen LogP contribution in [0.4, 0.5) is 5.69 Å². The molecule has 2 fully saturated rings. The predicted molar refractivity (Wildman–Crippen MR) is 77.5 cm³/mol. The summed E-state index contributed by atoms with van der Waals surface area (Å²) in [5.74, 6) is 0.124. The highest BCUT2D eigenvalue weighted by atomic mass is 16.5. The van der Waals surface area contributed by atoms with Crippen molar-refractivity contribution >= 4 is 11.6 Å². The van der Waals surface area contributed by atoms with Gasteiger partial charge in [-0.3, -0.25) is 9.69 Å². The number of morpholine rings is 1. The number of carbonyl (C=O) groups is 1. The first-order valence-corrected chi connectivity index (χ1v) is 7.17. The normalized spacial score (nSPS) is 24.4. The fraction of sp³-hybridized carbons (Fsp3) is 0.533. The molecule has 2 heterocycles. The smallest absolute Gasteiger partial charge is 0.228 e. The van der Waals surface area contributed by atoms with Crippen molar-refractivity contribution in [1.82, 2.24) is 4.90 Å². The number of nitrogens with zero attached hydrogens (tertiary/aromatic N) is 2. The summed E-state index contributed by atoms with van der Waals surface area (Å²) in [5.41, 5.74) is 8.05. The van der Waals surface area contributed by atoms with Crippen LogP contribution in [-0.2, 0) is 16.1 Å². The third-order valence-corrected chi connectivity index (χ3v) is 3.91. The number of benzene rings is 1. The van der Waals surface area contributed by atoms with Crippen molar-refractivity contribution < 1.29 is 9.53 Å². The molecule has 20 heavy (non-hydrogen) atoms. The Bertz CT molecular complexity index is 469. The van der Waals surface area contributed by atoms with Crippen LogP contribution >= 0.6 is 0 Å². The Morgan fingerprint density at radius 3 is 2.50 bits per heavy atom. The molecular formula is C15H21N3O2. The summed E-state index contributed by atoms with van der Waals surface area (Å²) in [6.45, 7) is 5.18. The Morgan fingerprint density at radius 1 is 1.20 bits per heavy atom. The summed E-state index contributed by atoms with van der Waals surface area (Å²) in [7, 11) is 0. The van der Waals surface area contributed by atoms with Gasteiger partial charge in [0.15, 0.2) is 0 Å². The third-order valence-electron chi connectivity index (χ3n) is 3.91. The van der Waals surface area contributed by atoms with Crippen LogP contribution in [0.3, 0.4) is 0 Å². The molecule has 108 valence electrons. The Labute approximate surface area is 119 Å². The van der Waals surface area contributed by atoms with E-state index in [1.165, 1.54) is 5.56 Å². The highest BCUT2D eigenvalue weighted by Gasteiger charge is 2.27. The molecule has 2 aliphatic heterocycles. The van der Waals surface area contributed by atoms with Crippen LogP contribution in [-0.4, -0.2) is 49.7 Å². The van der Waals surface area contributed by atoms with Gasteiger partial charge in [0.25, 0.3) is 0 Å². The topological polar surface area (TPSA) is 58.8 Å². The maximum absolute atomic E-state index is 11.8. The molecule has 1 atom stereocenters. The molecule has 0 spiro atoms. The number of rotatable bonds is 3. The zero-order valence-electron chi connectivity index (χ0n) is 11.6. The second-order valence-electron chi connectivity index (χ2n) is 5.52. The third kappa shape index (κ3) is 3.00. The van der Waals surface area contributed by atoms with E-state index in [0.29, 0.717) is 13.0 Å². The molecule has 1 amide bonds. The van der Waals surface area contributed by atoms with E-state index in [-0.39, 0.29) is 11.9 Å². The van der Waals surface area contributed by atoms with Gasteiger partial charge in [-0.1, -0.05) is 12.1 Å². The Hall–Kier alpha value is -1.43. The minimum atomic E-state index is -0.0319. The molecule has 0 bridgehead atoms. The van der Waals surface area contributed by atoms with E-state index in [9.17, 15) is 4.79 Å². The summed E-state index contributed by atoms with van der Waals surface area (Å²) >= 11 is 0. The van der Waals surface area contributed by atoms with E-state index >= 15 is 0 Å². The molecule has 3 rings (SSSR count). The summed E-state index contributed by atoms with van der Waals surface area (Å²) < 4.78 is 5.35. The Balaban J connectivity index is 1.63. The molecule has 2 saturated heterocycles. The van der Waals surface area contributed by atoms with E-state index in [0.717, 1.165) is 38.5 Å². The van der Waals surface area contributed by atoms with Gasteiger partial charge in [0.2, 0.25) is 5.91 Å². The predicted octanol–water partition coefficient (Wildman–Crippen LogP) is 0.583. The molecular weight excluding hydrogens is 254 g/mol. The first kappa shape index (κ1) is 13.5. The number of nitrogens with two attached hydrogens (primary N) is 1. The van der Waals surface area contributed by atoms with Crippen LogP contribution in [0.15, 0.2) is 24.3 Å². The Morgan fingerprint density at radius 2 is 1.90 bits per heavy atom. The fourth-order valence-electron chi connectivity index (χ4n) is 2.78. The van der Waals surface area contributed by atoms with Crippen LogP contribution in [0, 0.1) is 0 Å². The number of ether oxygens (including phenoxy) is 1. The van der Waals surface area contributed by atoms with Gasteiger partial charge in [0.05, 0.1) is 13.2 Å². The molecule has 0 aromatic heterocycles. The lowest BCUT2D eigenvalue weighted by Crippen LogP contribution is -2.35. The first-order chi connectivity index (χ1) is 9.72. The van der Waals surface area contributed by atoms with Crippen LogP contribution in [0.25, 0.3) is 0 Å². The Kier molecular flexibility index (Phi) is 4.00. The maximum Gasteiger partial charge on any atom is 0.228 e. The van der Waals surface area contributed by atoms with Crippen molar-refractivity contribution in [1.29, 1.82) is 0 Å². The van der Waals surface area contributed by atoms with Crippen molar-refractivity contribution in [2.75, 3.05) is 37.7 Å². The molecule has 2 aliphatic rings. The fourth-order valence-corrected chi connectivity index (χ4v) is 2.78. The molecule has 0 unspecified atom stereocenters. The van der Waals surface area contributed by atoms with Crippen LogP contribution < -0.4 is 10.6 Å². The van der Waals surface area contributed by atoms with Gasteiger partial charge < -0.3 is 15.4 Å². The number of hydrogen-bond donors (Lipinski definition) is 1. The summed E-state index contributed by atoms with van der Waals surface area (Å²) in [5, 5.41) is 0. The molecule has 0 aliphatic carbocycles. The van der Waals surface area contributed by atoms with E-state index in [1.807, 2.05) is 12.1 Å². The lowest BCUT2D eigenvalue weighted by atomic mass is 10.2. The highest BCUT2D eigenvalue weighted by Crippen LogP contribution is 2.21. The standard InChI is InChI=1S/C15H21N3O2/c16-13-9-15(19)18(11-13)14-3-1-12(2-4-14)10-17-5-7-20-8-6-17/h1-4,13H,5-11,16H2/t13-/m1/s1. The van der Waals surface area contributed by atoms with Crippen LogP contribution in [0.1, 0.15) is 12.0 Å². The van der Waals surface area contributed by atoms with Crippen molar-refractivity contribution in [3.63, 3.8) is 0 Å². The number of hydrogen-bond acceptors (Lipinski definition) is 4. The number of anilines is 1. The van der Waals surface area contributed by atoms with E-state index in [4.69, 9.17) is 10.5 Å². The average Bonchev–Trinajstić information content (AvgIpc) is 2.80. The summed E-state index contributed by atoms with van der Waals surface area (Å²) in [6, 6.07) is 8.21. The zero-order valence-corrected chi connectivity index (χ0v) is 11.6. The molecule has 2 N–H and O–H groups in total. The lowest BCUT2D eigenvalue weighted by molar-refractivity contribution is -0.117. The van der Waals surface area contributed by atoms with Crippen molar-refractivity contribution in [2.45, 2.75) is 19.0 Å². The first-order valence-electron chi connectivity index (χ1n) is 7.17. The maximum atomic E-state index is 11.8. The molecule has 1 aromatic rings. The highest BCUT2D eigenvalue weighted by molar-refractivity contribution is 5.96. The monoisotopic (exact) mass is 275 g/mol. The van der Waals surface area contributed by atoms with Gasteiger partial charge in [-0.15, -0.1) is 0 Å².